The summed E-state index contributed by atoms with van der Waals surface area (Å²) in [7, 11) is 6.11. The van der Waals surface area contributed by atoms with E-state index in [9.17, 15) is 4.79 Å². The molecule has 0 spiro atoms. The Kier molecular flexibility index (Phi) is 6.39. The number of hydrogen-bond acceptors (Lipinski definition) is 5. The molecule has 7 nitrogen and oxygen atoms in total. The Bertz CT molecular complexity index is 1620. The standard InChI is InChI=1S/C27H18BClN6O/c28-22-16-32-35-25(13-24(34-26(22)35)21-6-1-2-7-23(21)29)31-15-18-4-3-5-20(12-18)33-27(36)19-10-8-17(14-30)9-11-19/h1-13,16,31H,15H2,(H,33,36). The lowest BCUT2D eigenvalue weighted by atomic mass is 10.0. The third-order valence-corrected chi connectivity index (χ3v) is 5.91. The first-order valence-corrected chi connectivity index (χ1v) is 11.4. The number of nitrogens with one attached hydrogen (secondary N) is 2. The van der Waals surface area contributed by atoms with Gasteiger partial charge in [0.2, 0.25) is 0 Å². The highest BCUT2D eigenvalue weighted by Crippen LogP contribution is 2.28. The highest BCUT2D eigenvalue weighted by molar-refractivity contribution is 6.36. The molecule has 0 saturated carbocycles. The van der Waals surface area contributed by atoms with Crippen molar-refractivity contribution in [2.24, 2.45) is 0 Å². The van der Waals surface area contributed by atoms with Gasteiger partial charge in [-0.15, -0.1) is 0 Å². The molecule has 1 amide bonds. The zero-order valence-electron chi connectivity index (χ0n) is 18.9. The topological polar surface area (TPSA) is 95.1 Å². The van der Waals surface area contributed by atoms with Gasteiger partial charge in [0.1, 0.15) is 13.7 Å². The number of fused-ring (bicyclic) bond motifs is 1. The van der Waals surface area contributed by atoms with Crippen molar-refractivity contribution in [2.75, 3.05) is 10.6 Å². The van der Waals surface area contributed by atoms with E-state index in [0.29, 0.717) is 51.0 Å². The number of carbonyl (C=O) groups excluding carboxylic acids is 1. The average molecular weight is 489 g/mol. The summed E-state index contributed by atoms with van der Waals surface area (Å²) in [5.41, 5.74) is 5.02. The minimum Gasteiger partial charge on any atom is -0.366 e. The second-order valence-electron chi connectivity index (χ2n) is 8.04. The number of carbonyl (C=O) groups is 1. The second kappa shape index (κ2) is 9.94. The molecule has 0 fully saturated rings. The molecule has 2 heterocycles. The van der Waals surface area contributed by atoms with Gasteiger partial charge in [-0.1, -0.05) is 41.9 Å². The Hall–Kier alpha value is -4.61. The average Bonchev–Trinajstić information content (AvgIpc) is 3.28. The molecule has 0 saturated heterocycles. The molecule has 0 aliphatic carbocycles. The van der Waals surface area contributed by atoms with Crippen molar-refractivity contribution in [3.05, 3.63) is 107 Å². The van der Waals surface area contributed by atoms with Crippen molar-refractivity contribution in [3.63, 3.8) is 0 Å². The number of benzene rings is 3. The number of nitrogens with zero attached hydrogens (tertiary/aromatic N) is 4. The molecule has 0 unspecified atom stereocenters. The molecule has 2 radical (unpaired) electrons. The maximum atomic E-state index is 12.6. The van der Waals surface area contributed by atoms with Gasteiger partial charge in [-0.05, 0) is 53.5 Å². The molecular weight excluding hydrogens is 471 g/mol. The van der Waals surface area contributed by atoms with Gasteiger partial charge in [0, 0.05) is 40.6 Å². The maximum Gasteiger partial charge on any atom is 0.255 e. The van der Waals surface area contributed by atoms with Crippen molar-refractivity contribution < 1.29 is 4.79 Å². The van der Waals surface area contributed by atoms with Gasteiger partial charge in [0.25, 0.3) is 5.91 Å². The fourth-order valence-corrected chi connectivity index (χ4v) is 4.00. The lowest BCUT2D eigenvalue weighted by molar-refractivity contribution is 0.102. The van der Waals surface area contributed by atoms with E-state index in [-0.39, 0.29) is 5.91 Å². The maximum absolute atomic E-state index is 12.6. The van der Waals surface area contributed by atoms with Gasteiger partial charge >= 0.3 is 0 Å². The van der Waals surface area contributed by atoms with Crippen LogP contribution in [0.25, 0.3) is 16.9 Å². The van der Waals surface area contributed by atoms with Crippen LogP contribution in [0.4, 0.5) is 11.5 Å². The predicted octanol–water partition coefficient (Wildman–Crippen LogP) is 4.58. The molecule has 2 N–H and O–H groups in total. The molecule has 0 bridgehead atoms. The minimum atomic E-state index is -0.253. The summed E-state index contributed by atoms with van der Waals surface area (Å²) in [6.07, 6.45) is 1.56. The van der Waals surface area contributed by atoms with E-state index in [2.05, 4.69) is 20.7 Å². The number of rotatable bonds is 6. The lowest BCUT2D eigenvalue weighted by Gasteiger charge is -2.13. The Morgan fingerprint density at radius 2 is 1.86 bits per heavy atom. The van der Waals surface area contributed by atoms with Gasteiger partial charge in [0.05, 0.1) is 17.3 Å². The lowest BCUT2D eigenvalue weighted by Crippen LogP contribution is -2.12. The van der Waals surface area contributed by atoms with E-state index in [4.69, 9.17) is 24.7 Å². The molecule has 5 rings (SSSR count). The van der Waals surface area contributed by atoms with Crippen molar-refractivity contribution >= 4 is 48.0 Å². The van der Waals surface area contributed by atoms with Crippen LogP contribution in [0, 0.1) is 11.3 Å². The summed E-state index contributed by atoms with van der Waals surface area (Å²) in [6.45, 7) is 0.460. The van der Waals surface area contributed by atoms with E-state index < -0.39 is 0 Å². The van der Waals surface area contributed by atoms with E-state index in [0.717, 1.165) is 11.1 Å². The molecule has 2 aromatic heterocycles. The molecule has 9 heteroatoms. The largest absolute Gasteiger partial charge is 0.366 e. The molecular formula is C27H18BClN6O. The molecule has 36 heavy (non-hydrogen) atoms. The number of anilines is 2. The summed E-state index contributed by atoms with van der Waals surface area (Å²) in [5.74, 6) is 0.440. The molecule has 0 aliphatic rings. The predicted molar refractivity (Wildman–Crippen MR) is 142 cm³/mol. The van der Waals surface area contributed by atoms with Crippen LogP contribution in [0.15, 0.2) is 85.1 Å². The van der Waals surface area contributed by atoms with Gasteiger partial charge in [0.15, 0.2) is 5.65 Å². The van der Waals surface area contributed by atoms with E-state index in [1.54, 1.807) is 35.0 Å². The first-order valence-electron chi connectivity index (χ1n) is 11.1. The fourth-order valence-electron chi connectivity index (χ4n) is 3.76. The molecule has 0 aliphatic heterocycles. The van der Waals surface area contributed by atoms with Gasteiger partial charge in [-0.2, -0.15) is 14.9 Å². The van der Waals surface area contributed by atoms with E-state index in [1.165, 1.54) is 0 Å². The van der Waals surface area contributed by atoms with Crippen molar-refractivity contribution in [1.82, 2.24) is 14.6 Å². The van der Waals surface area contributed by atoms with Gasteiger partial charge in [-0.25, -0.2) is 4.98 Å². The first kappa shape index (κ1) is 23.2. The molecule has 172 valence electrons. The monoisotopic (exact) mass is 488 g/mol. The zero-order chi connectivity index (χ0) is 25.1. The number of hydrogen-bond donors (Lipinski definition) is 2. The highest BCUT2D eigenvalue weighted by Gasteiger charge is 2.13. The second-order valence-corrected chi connectivity index (χ2v) is 8.45. The number of amides is 1. The van der Waals surface area contributed by atoms with E-state index in [1.807, 2.05) is 60.7 Å². The Morgan fingerprint density at radius 3 is 2.64 bits per heavy atom. The molecule has 3 aromatic carbocycles. The fraction of sp³-hybridized carbons (Fsp3) is 0.0370. The quantitative estimate of drug-likeness (QED) is 0.341. The normalized spacial score (nSPS) is 10.7. The first-order chi connectivity index (χ1) is 17.5. The van der Waals surface area contributed by atoms with Crippen LogP contribution in [0.2, 0.25) is 5.02 Å². The summed E-state index contributed by atoms with van der Waals surface area (Å²) >= 11 is 6.40. The Balaban J connectivity index is 1.37. The van der Waals surface area contributed by atoms with Crippen LogP contribution >= 0.6 is 11.6 Å². The number of aromatic nitrogens is 3. The molecule has 0 atom stereocenters. The van der Waals surface area contributed by atoms with Gasteiger partial charge < -0.3 is 10.6 Å². The van der Waals surface area contributed by atoms with Crippen LogP contribution in [-0.2, 0) is 6.54 Å². The van der Waals surface area contributed by atoms with Crippen LogP contribution in [0.1, 0.15) is 21.5 Å². The highest BCUT2D eigenvalue weighted by atomic mass is 35.5. The van der Waals surface area contributed by atoms with E-state index >= 15 is 0 Å². The minimum absolute atomic E-state index is 0.253. The molecule has 5 aromatic rings. The van der Waals surface area contributed by atoms with Crippen LogP contribution in [-0.4, -0.2) is 28.4 Å². The van der Waals surface area contributed by atoms with Crippen molar-refractivity contribution in [2.45, 2.75) is 6.54 Å². The number of halogens is 1. The third-order valence-electron chi connectivity index (χ3n) is 5.58. The zero-order valence-corrected chi connectivity index (χ0v) is 19.7. The summed E-state index contributed by atoms with van der Waals surface area (Å²) < 4.78 is 1.65. The van der Waals surface area contributed by atoms with Crippen LogP contribution in [0.3, 0.4) is 0 Å². The summed E-state index contributed by atoms with van der Waals surface area (Å²) in [6, 6.07) is 25.4. The van der Waals surface area contributed by atoms with Gasteiger partial charge in [-0.3, -0.25) is 4.79 Å². The summed E-state index contributed by atoms with van der Waals surface area (Å²) in [4.78, 5) is 17.3. The Morgan fingerprint density at radius 1 is 1.06 bits per heavy atom. The van der Waals surface area contributed by atoms with Crippen LogP contribution in [0.5, 0.6) is 0 Å². The van der Waals surface area contributed by atoms with Crippen molar-refractivity contribution in [3.8, 4) is 17.3 Å². The van der Waals surface area contributed by atoms with Crippen molar-refractivity contribution in [1.29, 1.82) is 5.26 Å². The summed E-state index contributed by atoms with van der Waals surface area (Å²) in [5, 5.41) is 20.2. The number of nitriles is 1. The Labute approximate surface area is 213 Å². The van der Waals surface area contributed by atoms with Crippen LogP contribution < -0.4 is 16.1 Å². The third kappa shape index (κ3) is 4.78. The smallest absolute Gasteiger partial charge is 0.255 e. The SMILES string of the molecule is [B]c1cnn2c(NCc3cccc(NC(=O)c4ccc(C#N)cc4)c3)cc(-c3ccccc3Cl)nc12.